The van der Waals surface area contributed by atoms with Crippen LogP contribution in [0.25, 0.3) is 11.1 Å². The molecule has 0 saturated heterocycles. The fourth-order valence-corrected chi connectivity index (χ4v) is 2.78. The van der Waals surface area contributed by atoms with E-state index in [0.717, 1.165) is 16.9 Å². The fraction of sp³-hybridized carbons (Fsp3) is 0.348. The summed E-state index contributed by atoms with van der Waals surface area (Å²) in [5, 5.41) is 3.33. The Bertz CT molecular complexity index is 764. The van der Waals surface area contributed by atoms with Crippen molar-refractivity contribution in [3.05, 3.63) is 58.2 Å². The highest BCUT2D eigenvalue weighted by atomic mass is 14.9. The van der Waals surface area contributed by atoms with Gasteiger partial charge in [0.05, 0.1) is 11.4 Å². The van der Waals surface area contributed by atoms with Gasteiger partial charge in [-0.05, 0) is 78.0 Å². The lowest BCUT2D eigenvalue weighted by molar-refractivity contribution is 1.33. The van der Waals surface area contributed by atoms with E-state index in [2.05, 4.69) is 95.9 Å². The molecular formula is C23H32N2. The summed E-state index contributed by atoms with van der Waals surface area (Å²) in [5.74, 6) is 0. The summed E-state index contributed by atoms with van der Waals surface area (Å²) >= 11 is 0. The second-order valence-electron chi connectivity index (χ2n) is 6.94. The molecular weight excluding hydrogens is 304 g/mol. The highest BCUT2D eigenvalue weighted by Crippen LogP contribution is 2.41. The van der Waals surface area contributed by atoms with E-state index < -0.39 is 0 Å². The van der Waals surface area contributed by atoms with Gasteiger partial charge in [0.1, 0.15) is 0 Å². The monoisotopic (exact) mass is 336 g/mol. The van der Waals surface area contributed by atoms with E-state index in [1.54, 1.807) is 0 Å². The first-order valence-electron chi connectivity index (χ1n) is 8.69. The second kappa shape index (κ2) is 9.22. The zero-order valence-corrected chi connectivity index (χ0v) is 17.0. The van der Waals surface area contributed by atoms with Crippen molar-refractivity contribution >= 4 is 29.2 Å². The molecule has 1 rings (SSSR count). The molecule has 2 nitrogen and oxygen atoms in total. The van der Waals surface area contributed by atoms with E-state index in [9.17, 15) is 0 Å². The van der Waals surface area contributed by atoms with Crippen LogP contribution in [0, 0.1) is 6.92 Å². The Hall–Kier alpha value is -2.35. The van der Waals surface area contributed by atoms with E-state index in [-0.39, 0.29) is 0 Å². The molecule has 0 saturated carbocycles. The molecule has 0 fully saturated rings. The van der Waals surface area contributed by atoms with Crippen molar-refractivity contribution in [2.45, 2.75) is 48.5 Å². The van der Waals surface area contributed by atoms with E-state index >= 15 is 0 Å². The first-order valence-corrected chi connectivity index (χ1v) is 8.69. The number of rotatable bonds is 6. The Morgan fingerprint density at radius 2 is 1.44 bits per heavy atom. The van der Waals surface area contributed by atoms with Gasteiger partial charge in [-0.25, -0.2) is 0 Å². The summed E-state index contributed by atoms with van der Waals surface area (Å²) in [6.07, 6.45) is 8.58. The van der Waals surface area contributed by atoms with Crippen molar-refractivity contribution in [1.82, 2.24) is 0 Å². The van der Waals surface area contributed by atoms with Gasteiger partial charge < -0.3 is 5.32 Å². The minimum Gasteiger partial charge on any atom is -0.386 e. The lowest BCUT2D eigenvalue weighted by atomic mass is 9.92. The quantitative estimate of drug-likeness (QED) is 0.434. The van der Waals surface area contributed by atoms with E-state index in [0.29, 0.717) is 0 Å². The SMILES string of the molecule is C=Nc1c(NC)c(C(C)=CC=C(C)C)cc(C)c1C(C)=CC=C(C)C. The van der Waals surface area contributed by atoms with Crippen LogP contribution in [-0.4, -0.2) is 13.8 Å². The molecule has 134 valence electrons. The largest absolute Gasteiger partial charge is 0.386 e. The molecule has 0 heterocycles. The maximum absolute atomic E-state index is 4.37. The predicted octanol–water partition coefficient (Wildman–Crippen LogP) is 7.11. The third-order valence-corrected chi connectivity index (χ3v) is 4.06. The van der Waals surface area contributed by atoms with E-state index in [4.69, 9.17) is 0 Å². The molecule has 25 heavy (non-hydrogen) atoms. The Morgan fingerprint density at radius 1 is 0.920 bits per heavy atom. The molecule has 0 atom stereocenters. The van der Waals surface area contributed by atoms with Gasteiger partial charge in [-0.1, -0.05) is 35.5 Å². The van der Waals surface area contributed by atoms with Gasteiger partial charge in [-0.3, -0.25) is 4.99 Å². The van der Waals surface area contributed by atoms with E-state index in [1.807, 2.05) is 7.05 Å². The topological polar surface area (TPSA) is 24.4 Å². The smallest absolute Gasteiger partial charge is 0.0937 e. The van der Waals surface area contributed by atoms with Crippen LogP contribution in [0.2, 0.25) is 0 Å². The molecule has 0 amide bonds. The van der Waals surface area contributed by atoms with Crippen LogP contribution in [0.3, 0.4) is 0 Å². The second-order valence-corrected chi connectivity index (χ2v) is 6.94. The molecule has 1 aromatic carbocycles. The number of hydrogen-bond acceptors (Lipinski definition) is 2. The van der Waals surface area contributed by atoms with Gasteiger partial charge >= 0.3 is 0 Å². The van der Waals surface area contributed by atoms with Crippen LogP contribution in [0.1, 0.15) is 58.2 Å². The first kappa shape index (κ1) is 20.7. The van der Waals surface area contributed by atoms with Crippen molar-refractivity contribution in [2.24, 2.45) is 4.99 Å². The summed E-state index contributed by atoms with van der Waals surface area (Å²) in [7, 11) is 1.94. The fourth-order valence-electron chi connectivity index (χ4n) is 2.78. The Morgan fingerprint density at radius 3 is 1.88 bits per heavy atom. The van der Waals surface area contributed by atoms with Gasteiger partial charge in [0.25, 0.3) is 0 Å². The number of aryl methyl sites for hydroxylation is 1. The average molecular weight is 337 g/mol. The molecule has 0 spiro atoms. The van der Waals surface area contributed by atoms with Crippen molar-refractivity contribution in [3.63, 3.8) is 0 Å². The normalized spacial score (nSPS) is 11.8. The molecule has 0 bridgehead atoms. The number of allylic oxidation sites excluding steroid dienone is 8. The van der Waals surface area contributed by atoms with Gasteiger partial charge in [0, 0.05) is 18.2 Å². The van der Waals surface area contributed by atoms with Gasteiger partial charge in [-0.2, -0.15) is 0 Å². The third kappa shape index (κ3) is 5.32. The standard InChI is InChI=1S/C23H32N2/c1-15(2)10-12-17(5)20-14-19(7)21(18(6)13-11-16(3)4)23(25-9)22(20)24-8/h10-14,24H,9H2,1-8H3. The maximum atomic E-state index is 4.37. The van der Waals surface area contributed by atoms with Crippen LogP contribution >= 0.6 is 0 Å². The van der Waals surface area contributed by atoms with Crippen molar-refractivity contribution in [1.29, 1.82) is 0 Å². The molecule has 0 aromatic heterocycles. The summed E-state index contributed by atoms with van der Waals surface area (Å²) < 4.78 is 0. The van der Waals surface area contributed by atoms with Crippen LogP contribution in [0.5, 0.6) is 0 Å². The molecule has 0 unspecified atom stereocenters. The number of nitrogens with one attached hydrogen (secondary N) is 1. The summed E-state index contributed by atoms with van der Waals surface area (Å²) in [6.45, 7) is 18.6. The highest BCUT2D eigenvalue weighted by Gasteiger charge is 2.16. The molecule has 1 aromatic rings. The summed E-state index contributed by atoms with van der Waals surface area (Å²) in [5.41, 5.74) is 10.4. The molecule has 2 heteroatoms. The van der Waals surface area contributed by atoms with Crippen molar-refractivity contribution < 1.29 is 0 Å². The third-order valence-electron chi connectivity index (χ3n) is 4.06. The Labute approximate surface area is 153 Å². The van der Waals surface area contributed by atoms with Crippen molar-refractivity contribution in [2.75, 3.05) is 12.4 Å². The van der Waals surface area contributed by atoms with Gasteiger partial charge in [-0.15, -0.1) is 0 Å². The number of aliphatic imine (C=N–C) groups is 1. The minimum absolute atomic E-state index is 0.915. The van der Waals surface area contributed by atoms with Crippen LogP contribution < -0.4 is 5.32 Å². The van der Waals surface area contributed by atoms with Gasteiger partial charge in [0.2, 0.25) is 0 Å². The van der Waals surface area contributed by atoms with Crippen LogP contribution in [-0.2, 0) is 0 Å². The number of benzene rings is 1. The lowest BCUT2D eigenvalue weighted by Crippen LogP contribution is -2.00. The lowest BCUT2D eigenvalue weighted by Gasteiger charge is -2.19. The molecule has 0 aliphatic carbocycles. The highest BCUT2D eigenvalue weighted by molar-refractivity contribution is 5.92. The summed E-state index contributed by atoms with van der Waals surface area (Å²) in [6, 6.07) is 2.24. The van der Waals surface area contributed by atoms with Crippen LogP contribution in [0.4, 0.5) is 11.4 Å². The number of nitrogens with zero attached hydrogens (tertiary/aromatic N) is 1. The van der Waals surface area contributed by atoms with Crippen LogP contribution in [0.15, 0.2) is 46.5 Å². The molecule has 0 aliphatic rings. The Balaban J connectivity index is 3.70. The minimum atomic E-state index is 0.915. The number of anilines is 1. The van der Waals surface area contributed by atoms with Gasteiger partial charge in [0.15, 0.2) is 0 Å². The summed E-state index contributed by atoms with van der Waals surface area (Å²) in [4.78, 5) is 4.37. The molecule has 1 N–H and O–H groups in total. The Kier molecular flexibility index (Phi) is 7.63. The average Bonchev–Trinajstić information content (AvgIpc) is 2.56. The van der Waals surface area contributed by atoms with E-state index in [1.165, 1.54) is 33.4 Å². The number of hydrogen-bond donors (Lipinski definition) is 1. The molecule has 0 aliphatic heterocycles. The zero-order valence-electron chi connectivity index (χ0n) is 17.0. The van der Waals surface area contributed by atoms with Crippen molar-refractivity contribution in [3.8, 4) is 0 Å². The predicted molar refractivity (Wildman–Crippen MR) is 116 cm³/mol. The molecule has 0 radical (unpaired) electrons. The first-order chi connectivity index (χ1) is 11.7. The maximum Gasteiger partial charge on any atom is 0.0937 e. The zero-order chi connectivity index (χ0) is 19.1.